The van der Waals surface area contributed by atoms with E-state index in [2.05, 4.69) is 0 Å². The average molecular weight is 665 g/mol. The van der Waals surface area contributed by atoms with Crippen molar-refractivity contribution in [1.29, 1.82) is 0 Å². The standard InChI is InChI=1S/C33H48N2O12/c1-18-10-8-6-4-3-5-7-9-11-21(45-32-30(40)28(34)29(39)19(2)44-32)15-25-27(31(35)41)22(37)17-33(42,47-25)16-20(36)14-24-23(46-24)12-13-26(38)43-18/h3-9,11-13,18-25,27-30,32,36-37,39-40,42H,10,14-17,34H2,1-2H3,(H2,35,41)/b4-3+,7-5+,8-6+,11-9+,13-12+/t18?,19?,20?,21?,22?,23?,24?,25?,27?,28-,29+,30-,32-,33?/m0/s1. The number of aliphatic hydroxyl groups is 5. The van der Waals surface area contributed by atoms with E-state index in [1.807, 2.05) is 12.2 Å². The van der Waals surface area contributed by atoms with Gasteiger partial charge in [-0.2, -0.15) is 0 Å². The summed E-state index contributed by atoms with van der Waals surface area (Å²) in [6.07, 6.45) is 6.16. The number of aliphatic hydroxyl groups excluding tert-OH is 4. The molecule has 9 N–H and O–H groups in total. The van der Waals surface area contributed by atoms with Crippen molar-refractivity contribution in [2.75, 3.05) is 0 Å². The molecule has 0 radical (unpaired) electrons. The molecule has 0 aromatic carbocycles. The van der Waals surface area contributed by atoms with E-state index in [0.717, 1.165) is 0 Å². The van der Waals surface area contributed by atoms with Gasteiger partial charge in [0.2, 0.25) is 5.91 Å². The highest BCUT2D eigenvalue weighted by Crippen LogP contribution is 2.39. The summed E-state index contributed by atoms with van der Waals surface area (Å²) in [6, 6.07) is -1.06. The van der Waals surface area contributed by atoms with E-state index in [1.54, 1.807) is 56.4 Å². The number of carbonyl (C=O) groups is 2. The molecule has 1 amide bonds. The average Bonchev–Trinajstić information content (AvgIpc) is 3.72. The third kappa shape index (κ3) is 10.6. The van der Waals surface area contributed by atoms with Crippen LogP contribution in [0.2, 0.25) is 0 Å². The Hall–Kier alpha value is -2.76. The van der Waals surface area contributed by atoms with Gasteiger partial charge in [0.1, 0.15) is 18.3 Å². The maximum Gasteiger partial charge on any atom is 0.330 e. The predicted octanol–water partition coefficient (Wildman–Crippen LogP) is -0.480. The highest BCUT2D eigenvalue weighted by Gasteiger charge is 2.51. The minimum absolute atomic E-state index is 0.104. The fraction of sp³-hybridized carbons (Fsp3) is 0.636. The number of hydrogen-bond donors (Lipinski definition) is 7. The number of hydrogen-bond acceptors (Lipinski definition) is 13. The maximum absolute atomic E-state index is 12.5. The highest BCUT2D eigenvalue weighted by molar-refractivity contribution is 5.82. The quantitative estimate of drug-likeness (QED) is 0.149. The topological polar surface area (TPSA) is 237 Å². The molecule has 4 aliphatic rings. The molecule has 4 rings (SSSR count). The summed E-state index contributed by atoms with van der Waals surface area (Å²) in [6.45, 7) is 3.36. The van der Waals surface area contributed by atoms with Gasteiger partial charge < -0.3 is 60.7 Å². The Kier molecular flexibility index (Phi) is 13.1. The van der Waals surface area contributed by atoms with E-state index in [-0.39, 0.29) is 25.4 Å². The van der Waals surface area contributed by atoms with Crippen molar-refractivity contribution in [3.05, 3.63) is 60.8 Å². The molecule has 4 heterocycles. The Morgan fingerprint density at radius 2 is 1.64 bits per heavy atom. The van der Waals surface area contributed by atoms with Crippen molar-refractivity contribution in [3.8, 4) is 0 Å². The fourth-order valence-corrected chi connectivity index (χ4v) is 6.05. The molecule has 14 atom stereocenters. The van der Waals surface area contributed by atoms with E-state index in [9.17, 15) is 35.1 Å². The molecule has 3 fully saturated rings. The van der Waals surface area contributed by atoms with Gasteiger partial charge in [-0.1, -0.05) is 48.6 Å². The number of carbonyl (C=O) groups excluding carboxylic acids is 2. The van der Waals surface area contributed by atoms with Gasteiger partial charge in [-0.05, 0) is 19.9 Å². The van der Waals surface area contributed by atoms with Gasteiger partial charge in [-0.3, -0.25) is 4.79 Å². The van der Waals surface area contributed by atoms with Gasteiger partial charge in [0, 0.05) is 38.2 Å². The fourth-order valence-electron chi connectivity index (χ4n) is 6.05. The molecule has 14 heteroatoms. The SMILES string of the molecule is CC1C/C=C/C=C/C=C/C=C/C(O[C@@H]2OC(C)[C@@H](O)[C@H](N)[C@@H]2O)CC2OC(O)(CC(O)CC3OC3/C=C/C(=O)O1)CC(O)C2C(N)=O. The molecule has 0 aliphatic carbocycles. The Morgan fingerprint density at radius 1 is 0.936 bits per heavy atom. The van der Waals surface area contributed by atoms with Crippen LogP contribution in [0.3, 0.4) is 0 Å². The number of cyclic esters (lactones) is 1. The van der Waals surface area contributed by atoms with Crippen LogP contribution < -0.4 is 11.5 Å². The van der Waals surface area contributed by atoms with E-state index < -0.39 is 97.3 Å². The van der Waals surface area contributed by atoms with Crippen molar-refractivity contribution >= 4 is 11.9 Å². The Bertz CT molecular complexity index is 1220. The van der Waals surface area contributed by atoms with Crippen LogP contribution in [-0.4, -0.2) is 117 Å². The Labute approximate surface area is 273 Å². The van der Waals surface area contributed by atoms with E-state index in [4.69, 9.17) is 35.2 Å². The van der Waals surface area contributed by atoms with Gasteiger partial charge in [-0.25, -0.2) is 4.79 Å². The highest BCUT2D eigenvalue weighted by atomic mass is 16.7. The first-order chi connectivity index (χ1) is 22.3. The second-order valence-electron chi connectivity index (χ2n) is 12.6. The maximum atomic E-state index is 12.5. The molecule has 47 heavy (non-hydrogen) atoms. The summed E-state index contributed by atoms with van der Waals surface area (Å²) in [5.41, 5.74) is 11.6. The van der Waals surface area contributed by atoms with Gasteiger partial charge in [0.05, 0.1) is 54.7 Å². The molecule has 14 nitrogen and oxygen atoms in total. The van der Waals surface area contributed by atoms with Crippen LogP contribution in [0.15, 0.2) is 60.8 Å². The zero-order valence-electron chi connectivity index (χ0n) is 26.6. The lowest BCUT2D eigenvalue weighted by Gasteiger charge is -2.45. The molecule has 0 spiro atoms. The zero-order valence-corrected chi connectivity index (χ0v) is 26.6. The van der Waals surface area contributed by atoms with Gasteiger partial charge in [0.15, 0.2) is 12.1 Å². The van der Waals surface area contributed by atoms with E-state index in [0.29, 0.717) is 6.42 Å². The lowest BCUT2D eigenvalue weighted by Crippen LogP contribution is -2.61. The summed E-state index contributed by atoms with van der Waals surface area (Å²) >= 11 is 0. The first-order valence-electron chi connectivity index (χ1n) is 16.0. The number of primary amides is 1. The van der Waals surface area contributed by atoms with Gasteiger partial charge in [-0.15, -0.1) is 0 Å². The van der Waals surface area contributed by atoms with Crippen molar-refractivity contribution in [1.82, 2.24) is 0 Å². The molecule has 3 saturated heterocycles. The van der Waals surface area contributed by atoms with Crippen molar-refractivity contribution in [3.63, 3.8) is 0 Å². The predicted molar refractivity (Wildman–Crippen MR) is 167 cm³/mol. The van der Waals surface area contributed by atoms with Gasteiger partial charge in [0.25, 0.3) is 0 Å². The summed E-state index contributed by atoms with van der Waals surface area (Å²) in [7, 11) is 0. The number of nitrogens with two attached hydrogens (primary N) is 2. The number of allylic oxidation sites excluding steroid dienone is 6. The lowest BCUT2D eigenvalue weighted by molar-refractivity contribution is -0.306. The summed E-state index contributed by atoms with van der Waals surface area (Å²) in [5, 5.41) is 54.1. The van der Waals surface area contributed by atoms with Crippen LogP contribution in [0, 0.1) is 5.92 Å². The van der Waals surface area contributed by atoms with E-state index >= 15 is 0 Å². The van der Waals surface area contributed by atoms with E-state index in [1.165, 1.54) is 6.08 Å². The normalized spacial score (nSPS) is 47.2. The minimum Gasteiger partial charge on any atom is -0.459 e. The van der Waals surface area contributed by atoms with Crippen molar-refractivity contribution < 1.29 is 58.8 Å². The van der Waals surface area contributed by atoms with Crippen molar-refractivity contribution in [2.45, 2.75) is 125 Å². The first kappa shape index (κ1) is 37.1. The van der Waals surface area contributed by atoms with Crippen LogP contribution in [-0.2, 0) is 33.3 Å². The molecule has 0 aromatic heterocycles. The smallest absolute Gasteiger partial charge is 0.330 e. The third-order valence-corrected chi connectivity index (χ3v) is 8.62. The Balaban J connectivity index is 1.58. The van der Waals surface area contributed by atoms with Crippen LogP contribution >= 0.6 is 0 Å². The number of rotatable bonds is 3. The monoisotopic (exact) mass is 664 g/mol. The summed E-state index contributed by atoms with van der Waals surface area (Å²) in [5.74, 6) is -4.66. The third-order valence-electron chi connectivity index (χ3n) is 8.62. The molecule has 0 saturated carbocycles. The number of amides is 1. The molecule has 0 aromatic rings. The molecule has 2 bridgehead atoms. The zero-order chi connectivity index (χ0) is 34.3. The molecular weight excluding hydrogens is 616 g/mol. The minimum atomic E-state index is -2.04. The number of ether oxygens (including phenoxy) is 5. The van der Waals surface area contributed by atoms with Crippen molar-refractivity contribution in [2.24, 2.45) is 17.4 Å². The number of esters is 1. The molecule has 262 valence electrons. The second kappa shape index (κ2) is 16.6. The molecule has 4 aliphatic heterocycles. The summed E-state index contributed by atoms with van der Waals surface area (Å²) < 4.78 is 28.7. The summed E-state index contributed by atoms with van der Waals surface area (Å²) in [4.78, 5) is 24.7. The largest absolute Gasteiger partial charge is 0.459 e. The van der Waals surface area contributed by atoms with Gasteiger partial charge >= 0.3 is 5.97 Å². The number of epoxide rings is 1. The van der Waals surface area contributed by atoms with Crippen LogP contribution in [0.4, 0.5) is 0 Å². The van der Waals surface area contributed by atoms with Crippen LogP contribution in [0.1, 0.15) is 46.0 Å². The second-order valence-corrected chi connectivity index (χ2v) is 12.6. The number of fused-ring (bicyclic) bond motifs is 3. The Morgan fingerprint density at radius 3 is 2.36 bits per heavy atom. The first-order valence-corrected chi connectivity index (χ1v) is 16.0. The van der Waals surface area contributed by atoms with Crippen LogP contribution in [0.25, 0.3) is 0 Å². The molecular formula is C33H48N2O12. The van der Waals surface area contributed by atoms with Crippen LogP contribution in [0.5, 0.6) is 0 Å². The lowest BCUT2D eigenvalue weighted by atomic mass is 9.82. The molecule has 10 unspecified atom stereocenters.